The molecule has 2 fully saturated rings. The molecule has 0 nitrogen and oxygen atoms in total. The zero-order valence-electron chi connectivity index (χ0n) is 18.5. The number of rotatable bonds is 7. The molecule has 0 N–H and O–H groups in total. The third kappa shape index (κ3) is 5.74. The Morgan fingerprint density at radius 1 is 0.655 bits per heavy atom. The second-order valence-electron chi connectivity index (χ2n) is 10.0. The molecule has 0 heterocycles. The quantitative estimate of drug-likeness (QED) is 0.445. The van der Waals surface area contributed by atoms with Gasteiger partial charge in [-0.15, -0.1) is 0 Å². The maximum atomic E-state index is 2.57. The fourth-order valence-corrected chi connectivity index (χ4v) is 6.19. The summed E-state index contributed by atoms with van der Waals surface area (Å²) in [5.74, 6) is 3.75. The normalized spacial score (nSPS) is 21.0. The standard InChI is InChI=1S/C29H40/c1-23(25-11-5-2-6-12-25)21-29(27-15-9-4-10-16-27)22-24-17-19-28(20-18-24)26-13-7-3-8-14-26/h3,7-8,13-14,17-20,23,25,27,29H,2,4-6,9-12,15-16,21-22H2,1H3. The molecule has 0 saturated heterocycles. The van der Waals surface area contributed by atoms with E-state index in [1.807, 2.05) is 0 Å². The van der Waals surface area contributed by atoms with Crippen molar-refractivity contribution in [1.29, 1.82) is 0 Å². The van der Waals surface area contributed by atoms with Crippen LogP contribution in [0.2, 0.25) is 0 Å². The summed E-state index contributed by atoms with van der Waals surface area (Å²) >= 11 is 0. The summed E-state index contributed by atoms with van der Waals surface area (Å²) in [6, 6.07) is 20.3. The van der Waals surface area contributed by atoms with Gasteiger partial charge in [0, 0.05) is 0 Å². The van der Waals surface area contributed by atoms with E-state index in [4.69, 9.17) is 0 Å². The van der Waals surface area contributed by atoms with E-state index in [9.17, 15) is 0 Å². The number of hydrogen-bond donors (Lipinski definition) is 0. The van der Waals surface area contributed by atoms with Gasteiger partial charge in [-0.1, -0.05) is 126 Å². The van der Waals surface area contributed by atoms with Crippen molar-refractivity contribution < 1.29 is 0 Å². The highest BCUT2D eigenvalue weighted by atomic mass is 14.3. The Balaban J connectivity index is 1.44. The summed E-state index contributed by atoms with van der Waals surface area (Å²) in [5.41, 5.74) is 4.23. The Morgan fingerprint density at radius 3 is 1.83 bits per heavy atom. The molecule has 0 amide bonds. The van der Waals surface area contributed by atoms with E-state index >= 15 is 0 Å². The highest BCUT2D eigenvalue weighted by molar-refractivity contribution is 5.63. The first-order valence-electron chi connectivity index (χ1n) is 12.4. The van der Waals surface area contributed by atoms with E-state index in [0.717, 1.165) is 23.7 Å². The first-order chi connectivity index (χ1) is 14.3. The summed E-state index contributed by atoms with van der Waals surface area (Å²) in [6.45, 7) is 2.57. The van der Waals surface area contributed by atoms with Crippen LogP contribution in [0.4, 0.5) is 0 Å². The topological polar surface area (TPSA) is 0 Å². The molecule has 0 radical (unpaired) electrons. The van der Waals surface area contributed by atoms with Gasteiger partial charge in [0.2, 0.25) is 0 Å². The molecular formula is C29H40. The second-order valence-corrected chi connectivity index (χ2v) is 10.0. The summed E-state index contributed by atoms with van der Waals surface area (Å²) in [5, 5.41) is 0. The fourth-order valence-electron chi connectivity index (χ4n) is 6.19. The van der Waals surface area contributed by atoms with Crippen molar-refractivity contribution in [3.63, 3.8) is 0 Å². The van der Waals surface area contributed by atoms with E-state index < -0.39 is 0 Å². The van der Waals surface area contributed by atoms with Crippen molar-refractivity contribution in [2.24, 2.45) is 23.7 Å². The lowest BCUT2D eigenvalue weighted by molar-refractivity contribution is 0.168. The van der Waals surface area contributed by atoms with Crippen molar-refractivity contribution in [1.82, 2.24) is 0 Å². The average Bonchev–Trinajstić information content (AvgIpc) is 2.81. The first kappa shape index (κ1) is 20.7. The molecule has 0 aliphatic heterocycles. The zero-order chi connectivity index (χ0) is 19.9. The molecule has 0 aromatic heterocycles. The minimum absolute atomic E-state index is 0.884. The third-order valence-corrected chi connectivity index (χ3v) is 8.00. The van der Waals surface area contributed by atoms with Gasteiger partial charge in [0.15, 0.2) is 0 Å². The molecule has 2 saturated carbocycles. The Labute approximate surface area is 179 Å². The van der Waals surface area contributed by atoms with Gasteiger partial charge in [-0.2, -0.15) is 0 Å². The van der Waals surface area contributed by atoms with Gasteiger partial charge in [0.1, 0.15) is 0 Å². The fraction of sp³-hybridized carbons (Fsp3) is 0.586. The van der Waals surface area contributed by atoms with Gasteiger partial charge in [0.05, 0.1) is 0 Å². The SMILES string of the molecule is CC(CC(Cc1ccc(-c2ccccc2)cc1)C1CCCCC1)C1CCCCC1. The molecule has 4 rings (SSSR count). The molecule has 2 aliphatic rings. The summed E-state index contributed by atoms with van der Waals surface area (Å²) < 4.78 is 0. The van der Waals surface area contributed by atoms with Crippen LogP contribution in [0.15, 0.2) is 54.6 Å². The Hall–Kier alpha value is -1.56. The molecule has 2 unspecified atom stereocenters. The summed E-state index contributed by atoms with van der Waals surface area (Å²) in [7, 11) is 0. The highest BCUT2D eigenvalue weighted by Crippen LogP contribution is 2.39. The molecular weight excluding hydrogens is 348 g/mol. The lowest BCUT2D eigenvalue weighted by atomic mass is 9.70. The average molecular weight is 389 g/mol. The molecule has 0 heteroatoms. The monoisotopic (exact) mass is 388 g/mol. The molecule has 2 aliphatic carbocycles. The molecule has 2 atom stereocenters. The van der Waals surface area contributed by atoms with Gasteiger partial charge in [-0.05, 0) is 53.2 Å². The zero-order valence-corrected chi connectivity index (χ0v) is 18.5. The van der Waals surface area contributed by atoms with Crippen molar-refractivity contribution in [3.05, 3.63) is 60.2 Å². The van der Waals surface area contributed by atoms with E-state index in [1.54, 1.807) is 5.56 Å². The van der Waals surface area contributed by atoms with Gasteiger partial charge in [-0.25, -0.2) is 0 Å². The van der Waals surface area contributed by atoms with E-state index in [0.29, 0.717) is 0 Å². The lowest BCUT2D eigenvalue weighted by Crippen LogP contribution is -2.25. The molecule has 0 bridgehead atoms. The van der Waals surface area contributed by atoms with Crippen LogP contribution in [0.3, 0.4) is 0 Å². The van der Waals surface area contributed by atoms with Crippen LogP contribution < -0.4 is 0 Å². The van der Waals surface area contributed by atoms with Crippen LogP contribution in [0.25, 0.3) is 11.1 Å². The minimum Gasteiger partial charge on any atom is -0.0622 e. The van der Waals surface area contributed by atoms with E-state index in [-0.39, 0.29) is 0 Å². The van der Waals surface area contributed by atoms with Crippen LogP contribution in [-0.4, -0.2) is 0 Å². The summed E-state index contributed by atoms with van der Waals surface area (Å²) in [4.78, 5) is 0. The Morgan fingerprint density at radius 2 is 1.21 bits per heavy atom. The van der Waals surface area contributed by atoms with Gasteiger partial charge >= 0.3 is 0 Å². The van der Waals surface area contributed by atoms with Crippen LogP contribution in [0.1, 0.15) is 83.1 Å². The lowest BCUT2D eigenvalue weighted by Gasteiger charge is -2.35. The van der Waals surface area contributed by atoms with Gasteiger partial charge in [-0.3, -0.25) is 0 Å². The van der Waals surface area contributed by atoms with Crippen molar-refractivity contribution in [2.45, 2.75) is 84.0 Å². The largest absolute Gasteiger partial charge is 0.0622 e. The van der Waals surface area contributed by atoms with E-state index in [1.165, 1.54) is 88.2 Å². The predicted octanol–water partition coefficient (Wildman–Crippen LogP) is 8.70. The second kappa shape index (κ2) is 10.5. The van der Waals surface area contributed by atoms with Crippen LogP contribution in [0, 0.1) is 23.7 Å². The van der Waals surface area contributed by atoms with Gasteiger partial charge < -0.3 is 0 Å². The maximum Gasteiger partial charge on any atom is -0.0184 e. The van der Waals surface area contributed by atoms with Crippen LogP contribution >= 0.6 is 0 Å². The van der Waals surface area contributed by atoms with Crippen molar-refractivity contribution >= 4 is 0 Å². The predicted molar refractivity (Wildman–Crippen MR) is 126 cm³/mol. The van der Waals surface area contributed by atoms with Crippen LogP contribution in [-0.2, 0) is 6.42 Å². The van der Waals surface area contributed by atoms with Crippen molar-refractivity contribution in [2.75, 3.05) is 0 Å². The molecule has 156 valence electrons. The molecule has 29 heavy (non-hydrogen) atoms. The molecule has 0 spiro atoms. The maximum absolute atomic E-state index is 2.57. The molecule has 2 aromatic carbocycles. The first-order valence-corrected chi connectivity index (χ1v) is 12.4. The molecule has 2 aromatic rings. The third-order valence-electron chi connectivity index (χ3n) is 8.00. The smallest absolute Gasteiger partial charge is 0.0184 e. The number of benzene rings is 2. The van der Waals surface area contributed by atoms with Crippen LogP contribution in [0.5, 0.6) is 0 Å². The Bertz CT molecular complexity index is 701. The Kier molecular flexibility index (Phi) is 7.47. The summed E-state index contributed by atoms with van der Waals surface area (Å²) in [6.07, 6.45) is 17.5. The van der Waals surface area contributed by atoms with Gasteiger partial charge in [0.25, 0.3) is 0 Å². The van der Waals surface area contributed by atoms with E-state index in [2.05, 4.69) is 61.5 Å². The highest BCUT2D eigenvalue weighted by Gasteiger charge is 2.28. The number of hydrogen-bond acceptors (Lipinski definition) is 0. The minimum atomic E-state index is 0.884. The van der Waals surface area contributed by atoms with Crippen molar-refractivity contribution in [3.8, 4) is 11.1 Å².